The van der Waals surface area contributed by atoms with Gasteiger partial charge in [-0.1, -0.05) is 37.8 Å². The van der Waals surface area contributed by atoms with E-state index in [1.165, 1.54) is 48.8 Å². The summed E-state index contributed by atoms with van der Waals surface area (Å²) >= 11 is 0. The Bertz CT molecular complexity index is 402. The molecule has 1 atom stereocenters. The first-order valence-corrected chi connectivity index (χ1v) is 7.33. The lowest BCUT2D eigenvalue weighted by Crippen LogP contribution is -2.04. The van der Waals surface area contributed by atoms with Gasteiger partial charge in [-0.25, -0.2) is 0 Å². The van der Waals surface area contributed by atoms with Crippen LogP contribution in [-0.4, -0.2) is 5.11 Å². The first kappa shape index (κ1) is 13.6. The maximum absolute atomic E-state index is 10.4. The largest absolute Gasteiger partial charge is 0.388 e. The molecule has 0 amide bonds. The Morgan fingerprint density at radius 3 is 2.33 bits per heavy atom. The average molecular weight is 246 g/mol. The predicted molar refractivity (Wildman–Crippen MR) is 76.8 cm³/mol. The standard InChI is InChI=1S/C17H26O/c1-12-10-14(3)16(11-13(12)2)17(18)9-8-15-6-4-5-7-15/h10-11,15,17-18H,4-9H2,1-3H3. The van der Waals surface area contributed by atoms with Gasteiger partial charge in [0.25, 0.3) is 0 Å². The van der Waals surface area contributed by atoms with Crippen LogP contribution in [0, 0.1) is 26.7 Å². The number of aliphatic hydroxyl groups excluding tert-OH is 1. The quantitative estimate of drug-likeness (QED) is 0.822. The van der Waals surface area contributed by atoms with E-state index in [4.69, 9.17) is 0 Å². The summed E-state index contributed by atoms with van der Waals surface area (Å²) in [5.74, 6) is 0.867. The van der Waals surface area contributed by atoms with Crippen LogP contribution in [0.4, 0.5) is 0 Å². The Morgan fingerprint density at radius 1 is 1.06 bits per heavy atom. The van der Waals surface area contributed by atoms with Gasteiger partial charge in [0, 0.05) is 0 Å². The number of hydrogen-bond donors (Lipinski definition) is 1. The minimum Gasteiger partial charge on any atom is -0.388 e. The summed E-state index contributed by atoms with van der Waals surface area (Å²) in [4.78, 5) is 0. The second-order valence-electron chi connectivity index (χ2n) is 6.04. The lowest BCUT2D eigenvalue weighted by Gasteiger charge is -2.17. The Morgan fingerprint density at radius 2 is 1.67 bits per heavy atom. The maximum atomic E-state index is 10.4. The smallest absolute Gasteiger partial charge is 0.0792 e. The summed E-state index contributed by atoms with van der Waals surface area (Å²) in [7, 11) is 0. The molecule has 0 aromatic heterocycles. The molecule has 1 aliphatic carbocycles. The molecule has 1 unspecified atom stereocenters. The van der Waals surface area contributed by atoms with Crippen molar-refractivity contribution in [1.82, 2.24) is 0 Å². The van der Waals surface area contributed by atoms with Crippen molar-refractivity contribution < 1.29 is 5.11 Å². The van der Waals surface area contributed by atoms with Gasteiger partial charge >= 0.3 is 0 Å². The summed E-state index contributed by atoms with van der Waals surface area (Å²) in [6.45, 7) is 6.37. The van der Waals surface area contributed by atoms with E-state index in [0.717, 1.165) is 17.9 Å². The topological polar surface area (TPSA) is 20.2 Å². The zero-order chi connectivity index (χ0) is 13.1. The highest BCUT2D eigenvalue weighted by atomic mass is 16.3. The number of aliphatic hydroxyl groups is 1. The highest BCUT2D eigenvalue weighted by molar-refractivity contribution is 5.37. The van der Waals surface area contributed by atoms with Crippen molar-refractivity contribution in [3.05, 3.63) is 34.4 Å². The molecule has 1 heteroatoms. The third kappa shape index (κ3) is 3.14. The molecule has 100 valence electrons. The normalized spacial score (nSPS) is 18.2. The van der Waals surface area contributed by atoms with Crippen LogP contribution in [-0.2, 0) is 0 Å². The van der Waals surface area contributed by atoms with Gasteiger partial charge in [0.15, 0.2) is 0 Å². The van der Waals surface area contributed by atoms with E-state index < -0.39 is 0 Å². The SMILES string of the molecule is Cc1cc(C)c(C(O)CCC2CCCC2)cc1C. The van der Waals surface area contributed by atoms with E-state index >= 15 is 0 Å². The molecule has 1 saturated carbocycles. The molecule has 0 radical (unpaired) electrons. The average Bonchev–Trinajstić information content (AvgIpc) is 2.84. The molecule has 2 rings (SSSR count). The van der Waals surface area contributed by atoms with Crippen LogP contribution < -0.4 is 0 Å². The van der Waals surface area contributed by atoms with Crippen LogP contribution in [0.25, 0.3) is 0 Å². The lowest BCUT2D eigenvalue weighted by molar-refractivity contribution is 0.156. The summed E-state index contributed by atoms with van der Waals surface area (Å²) in [5, 5.41) is 10.4. The van der Waals surface area contributed by atoms with Crippen LogP contribution in [0.3, 0.4) is 0 Å². The highest BCUT2D eigenvalue weighted by Crippen LogP contribution is 2.32. The van der Waals surface area contributed by atoms with Crippen molar-refractivity contribution in [2.75, 3.05) is 0 Å². The van der Waals surface area contributed by atoms with Crippen LogP contribution in [0.15, 0.2) is 12.1 Å². The summed E-state index contributed by atoms with van der Waals surface area (Å²) < 4.78 is 0. The maximum Gasteiger partial charge on any atom is 0.0792 e. The first-order valence-electron chi connectivity index (χ1n) is 7.33. The zero-order valence-corrected chi connectivity index (χ0v) is 12.0. The molecule has 1 aromatic carbocycles. The Kier molecular flexibility index (Phi) is 4.45. The number of rotatable bonds is 4. The van der Waals surface area contributed by atoms with Crippen molar-refractivity contribution in [1.29, 1.82) is 0 Å². The van der Waals surface area contributed by atoms with E-state index in [2.05, 4.69) is 32.9 Å². The molecular formula is C17H26O. The zero-order valence-electron chi connectivity index (χ0n) is 12.0. The van der Waals surface area contributed by atoms with E-state index in [1.807, 2.05) is 0 Å². The molecular weight excluding hydrogens is 220 g/mol. The summed E-state index contributed by atoms with van der Waals surface area (Å²) in [5.41, 5.74) is 4.97. The monoisotopic (exact) mass is 246 g/mol. The molecule has 1 aliphatic rings. The van der Waals surface area contributed by atoms with Crippen molar-refractivity contribution >= 4 is 0 Å². The molecule has 1 N–H and O–H groups in total. The van der Waals surface area contributed by atoms with Gasteiger partial charge < -0.3 is 5.11 Å². The third-order valence-electron chi connectivity index (χ3n) is 4.56. The Labute approximate surface area is 111 Å². The summed E-state index contributed by atoms with van der Waals surface area (Å²) in [6.07, 6.45) is 7.37. The number of aryl methyl sites for hydroxylation is 3. The molecule has 0 saturated heterocycles. The minimum atomic E-state index is -0.273. The van der Waals surface area contributed by atoms with Crippen molar-refractivity contribution in [2.24, 2.45) is 5.92 Å². The Balaban J connectivity index is 1.99. The van der Waals surface area contributed by atoms with Crippen molar-refractivity contribution in [2.45, 2.75) is 65.4 Å². The Hall–Kier alpha value is -0.820. The molecule has 1 aromatic rings. The highest BCUT2D eigenvalue weighted by Gasteiger charge is 2.18. The molecule has 0 spiro atoms. The van der Waals surface area contributed by atoms with Crippen LogP contribution >= 0.6 is 0 Å². The van der Waals surface area contributed by atoms with E-state index in [-0.39, 0.29) is 6.10 Å². The lowest BCUT2D eigenvalue weighted by atomic mass is 9.92. The van der Waals surface area contributed by atoms with E-state index in [9.17, 15) is 5.11 Å². The third-order valence-corrected chi connectivity index (χ3v) is 4.56. The van der Waals surface area contributed by atoms with Crippen molar-refractivity contribution in [3.63, 3.8) is 0 Å². The van der Waals surface area contributed by atoms with Gasteiger partial charge in [0.1, 0.15) is 0 Å². The predicted octanol–water partition coefficient (Wildman–Crippen LogP) is 4.62. The van der Waals surface area contributed by atoms with Crippen LogP contribution in [0.5, 0.6) is 0 Å². The van der Waals surface area contributed by atoms with Gasteiger partial charge in [-0.05, 0) is 61.8 Å². The molecule has 0 aliphatic heterocycles. The number of hydrogen-bond acceptors (Lipinski definition) is 1. The minimum absolute atomic E-state index is 0.273. The first-order chi connectivity index (χ1) is 8.58. The fourth-order valence-corrected chi connectivity index (χ4v) is 3.19. The second kappa shape index (κ2) is 5.88. The van der Waals surface area contributed by atoms with Crippen LogP contribution in [0.1, 0.15) is 66.9 Å². The summed E-state index contributed by atoms with van der Waals surface area (Å²) in [6, 6.07) is 4.37. The molecule has 0 heterocycles. The van der Waals surface area contributed by atoms with Gasteiger partial charge in [-0.2, -0.15) is 0 Å². The molecule has 1 fully saturated rings. The van der Waals surface area contributed by atoms with Gasteiger partial charge in [0.2, 0.25) is 0 Å². The van der Waals surface area contributed by atoms with Crippen LogP contribution in [0.2, 0.25) is 0 Å². The molecule has 18 heavy (non-hydrogen) atoms. The molecule has 0 bridgehead atoms. The van der Waals surface area contributed by atoms with Gasteiger partial charge in [-0.15, -0.1) is 0 Å². The number of benzene rings is 1. The fraction of sp³-hybridized carbons (Fsp3) is 0.647. The van der Waals surface area contributed by atoms with Gasteiger partial charge in [-0.3, -0.25) is 0 Å². The second-order valence-corrected chi connectivity index (χ2v) is 6.04. The van der Waals surface area contributed by atoms with E-state index in [0.29, 0.717) is 0 Å². The van der Waals surface area contributed by atoms with E-state index in [1.54, 1.807) is 0 Å². The van der Waals surface area contributed by atoms with Gasteiger partial charge in [0.05, 0.1) is 6.10 Å². The molecule has 1 nitrogen and oxygen atoms in total. The van der Waals surface area contributed by atoms with Crippen molar-refractivity contribution in [3.8, 4) is 0 Å². The fourth-order valence-electron chi connectivity index (χ4n) is 3.19.